The summed E-state index contributed by atoms with van der Waals surface area (Å²) in [6.45, 7) is 0. The quantitative estimate of drug-likeness (QED) is 0.375. The highest BCUT2D eigenvalue weighted by molar-refractivity contribution is 7.99. The number of methoxy groups -OCH3 is 1. The Morgan fingerprint density at radius 3 is 2.91 bits per heavy atom. The molecule has 0 aliphatic carbocycles. The lowest BCUT2D eigenvalue weighted by atomic mass is 10.2. The fourth-order valence-electron chi connectivity index (χ4n) is 3.33. The number of halogens is 3. The monoisotopic (exact) mass is 477 g/mol. The second-order valence-electron chi connectivity index (χ2n) is 7.08. The standard InChI is InChI=1S/C18H22F3N5O5S/c1-30-16(28)11(25-17(29)18(19,20)21)3-5-32-7-9-6-12(27)15(31-9)26-4-2-10-13(22)23-8-24-14(10)26/h2,4,8-9,11-12,15,27H,3,5-7H2,1H3,(H,25,29)(H2,22,23,24)/t9-,11?,12+,15+/m0/s1. The van der Waals surface area contributed by atoms with Crippen molar-refractivity contribution in [1.29, 1.82) is 0 Å². The summed E-state index contributed by atoms with van der Waals surface area (Å²) in [5.74, 6) is -2.17. The molecule has 32 heavy (non-hydrogen) atoms. The Labute approximate surface area is 184 Å². The van der Waals surface area contributed by atoms with Crippen molar-refractivity contribution in [3.05, 3.63) is 18.6 Å². The Balaban J connectivity index is 1.52. The molecular formula is C18H22F3N5O5S. The number of carbonyl (C=O) groups excluding carboxylic acids is 2. The second kappa shape index (κ2) is 9.92. The number of carbonyl (C=O) groups is 2. The number of fused-ring (bicyclic) bond motifs is 1. The van der Waals surface area contributed by atoms with E-state index in [0.29, 0.717) is 29.0 Å². The van der Waals surface area contributed by atoms with Crippen LogP contribution in [0.15, 0.2) is 18.6 Å². The molecule has 2 aromatic rings. The van der Waals surface area contributed by atoms with Gasteiger partial charge in [0.2, 0.25) is 0 Å². The van der Waals surface area contributed by atoms with E-state index in [2.05, 4.69) is 14.7 Å². The van der Waals surface area contributed by atoms with E-state index in [-0.39, 0.29) is 18.3 Å². The van der Waals surface area contributed by atoms with Crippen molar-refractivity contribution in [3.8, 4) is 0 Å². The molecule has 0 radical (unpaired) electrons. The molecule has 176 valence electrons. The number of esters is 1. The summed E-state index contributed by atoms with van der Waals surface area (Å²) in [6.07, 6.45) is -3.62. The lowest BCUT2D eigenvalue weighted by Gasteiger charge is -2.18. The number of nitrogen functional groups attached to an aromatic ring is 1. The van der Waals surface area contributed by atoms with Gasteiger partial charge in [0.05, 0.1) is 18.6 Å². The van der Waals surface area contributed by atoms with Crippen molar-refractivity contribution in [2.45, 2.75) is 43.5 Å². The average Bonchev–Trinajstić information content (AvgIpc) is 3.32. The molecule has 1 aliphatic heterocycles. The zero-order valence-electron chi connectivity index (χ0n) is 16.9. The number of aliphatic hydroxyl groups excluding tert-OH is 1. The number of alkyl halides is 3. The van der Waals surface area contributed by atoms with Gasteiger partial charge in [-0.25, -0.2) is 14.8 Å². The second-order valence-corrected chi connectivity index (χ2v) is 8.23. The zero-order chi connectivity index (χ0) is 23.5. The van der Waals surface area contributed by atoms with Gasteiger partial charge in [-0.3, -0.25) is 4.79 Å². The van der Waals surface area contributed by atoms with Crippen molar-refractivity contribution < 1.29 is 37.3 Å². The minimum atomic E-state index is -5.10. The molecule has 1 unspecified atom stereocenters. The van der Waals surface area contributed by atoms with Gasteiger partial charge in [0, 0.05) is 18.4 Å². The van der Waals surface area contributed by atoms with Crippen LogP contribution in [0.25, 0.3) is 11.0 Å². The van der Waals surface area contributed by atoms with Crippen molar-refractivity contribution in [1.82, 2.24) is 19.9 Å². The third-order valence-electron chi connectivity index (χ3n) is 4.88. The van der Waals surface area contributed by atoms with Crippen LogP contribution in [0.1, 0.15) is 19.1 Å². The summed E-state index contributed by atoms with van der Waals surface area (Å²) >= 11 is 1.32. The summed E-state index contributed by atoms with van der Waals surface area (Å²) in [7, 11) is 1.03. The Morgan fingerprint density at radius 1 is 1.47 bits per heavy atom. The number of rotatable bonds is 8. The maximum Gasteiger partial charge on any atom is 0.471 e. The van der Waals surface area contributed by atoms with Crippen LogP contribution >= 0.6 is 11.8 Å². The highest BCUT2D eigenvalue weighted by Gasteiger charge is 2.41. The van der Waals surface area contributed by atoms with E-state index in [0.717, 1.165) is 7.11 Å². The fourth-order valence-corrected chi connectivity index (χ4v) is 4.38. The number of hydrogen-bond donors (Lipinski definition) is 3. The molecule has 2 aromatic heterocycles. The molecule has 1 amide bonds. The van der Waals surface area contributed by atoms with Gasteiger partial charge in [-0.15, -0.1) is 0 Å². The molecule has 3 rings (SSSR count). The van der Waals surface area contributed by atoms with Crippen molar-refractivity contribution >= 4 is 40.5 Å². The number of hydrogen-bond acceptors (Lipinski definition) is 9. The third kappa shape index (κ3) is 5.42. The summed E-state index contributed by atoms with van der Waals surface area (Å²) in [4.78, 5) is 30.9. The van der Waals surface area contributed by atoms with Gasteiger partial charge in [0.25, 0.3) is 0 Å². The number of thioether (sulfide) groups is 1. The Hall–Kier alpha value is -2.58. The predicted molar refractivity (Wildman–Crippen MR) is 108 cm³/mol. The van der Waals surface area contributed by atoms with Gasteiger partial charge in [-0.05, 0) is 18.2 Å². The molecule has 0 spiro atoms. The number of anilines is 1. The van der Waals surface area contributed by atoms with Gasteiger partial charge in [-0.2, -0.15) is 24.9 Å². The van der Waals surface area contributed by atoms with Gasteiger partial charge in [0.15, 0.2) is 6.23 Å². The number of amides is 1. The molecule has 1 fully saturated rings. The Bertz CT molecular complexity index is 972. The molecule has 0 saturated carbocycles. The Kier molecular flexibility index (Phi) is 7.46. The molecule has 1 saturated heterocycles. The number of aromatic nitrogens is 3. The zero-order valence-corrected chi connectivity index (χ0v) is 17.7. The third-order valence-corrected chi connectivity index (χ3v) is 6.01. The SMILES string of the molecule is COC(=O)C(CCSC[C@@H]1C[C@@H](O)[C@H](n2ccc3c(N)ncnc32)O1)NC(=O)C(F)(F)F. The highest BCUT2D eigenvalue weighted by Crippen LogP contribution is 2.33. The lowest BCUT2D eigenvalue weighted by Crippen LogP contribution is -2.47. The topological polar surface area (TPSA) is 142 Å². The lowest BCUT2D eigenvalue weighted by molar-refractivity contribution is -0.175. The first kappa shape index (κ1) is 24.1. The Morgan fingerprint density at radius 2 is 2.22 bits per heavy atom. The fraction of sp³-hybridized carbons (Fsp3) is 0.556. The van der Waals surface area contributed by atoms with E-state index < -0.39 is 36.4 Å². The number of nitrogens with two attached hydrogens (primary N) is 1. The summed E-state index contributed by atoms with van der Waals surface area (Å²) < 4.78 is 49.4. The van der Waals surface area contributed by atoms with Gasteiger partial charge in [0.1, 0.15) is 29.9 Å². The molecule has 4 atom stereocenters. The van der Waals surface area contributed by atoms with Crippen LogP contribution in [0.4, 0.5) is 19.0 Å². The van der Waals surface area contributed by atoms with Gasteiger partial charge in [-0.1, -0.05) is 0 Å². The van der Waals surface area contributed by atoms with E-state index in [9.17, 15) is 27.9 Å². The molecule has 14 heteroatoms. The van der Waals surface area contributed by atoms with Crippen LogP contribution in [0.2, 0.25) is 0 Å². The molecule has 3 heterocycles. The van der Waals surface area contributed by atoms with E-state index in [1.165, 1.54) is 18.1 Å². The first-order valence-corrected chi connectivity index (χ1v) is 10.7. The molecular weight excluding hydrogens is 455 g/mol. The van der Waals surface area contributed by atoms with Gasteiger partial charge < -0.3 is 30.2 Å². The van der Waals surface area contributed by atoms with E-state index >= 15 is 0 Å². The highest BCUT2D eigenvalue weighted by atomic mass is 32.2. The minimum Gasteiger partial charge on any atom is -0.467 e. The van der Waals surface area contributed by atoms with E-state index in [1.807, 2.05) is 0 Å². The summed E-state index contributed by atoms with van der Waals surface area (Å²) in [5.41, 5.74) is 6.35. The summed E-state index contributed by atoms with van der Waals surface area (Å²) in [5, 5.41) is 12.7. The first-order chi connectivity index (χ1) is 15.1. The van der Waals surface area contributed by atoms with Crippen LogP contribution in [0.3, 0.4) is 0 Å². The number of nitrogens with one attached hydrogen (secondary N) is 1. The smallest absolute Gasteiger partial charge is 0.467 e. The van der Waals surface area contributed by atoms with E-state index in [4.69, 9.17) is 10.5 Å². The normalized spacial score (nSPS) is 22.1. The largest absolute Gasteiger partial charge is 0.471 e. The number of aliphatic hydroxyl groups is 1. The molecule has 10 nitrogen and oxygen atoms in total. The van der Waals surface area contributed by atoms with E-state index in [1.54, 1.807) is 22.1 Å². The average molecular weight is 477 g/mol. The van der Waals surface area contributed by atoms with Crippen LogP contribution in [0, 0.1) is 0 Å². The first-order valence-electron chi connectivity index (χ1n) is 9.55. The van der Waals surface area contributed by atoms with Crippen LogP contribution in [-0.2, 0) is 19.1 Å². The predicted octanol–water partition coefficient (Wildman–Crippen LogP) is 1.01. The van der Waals surface area contributed by atoms with Crippen LogP contribution in [-0.4, -0.2) is 74.6 Å². The molecule has 0 aromatic carbocycles. The van der Waals surface area contributed by atoms with Crippen LogP contribution in [0.5, 0.6) is 0 Å². The van der Waals surface area contributed by atoms with Crippen molar-refractivity contribution in [2.75, 3.05) is 24.3 Å². The van der Waals surface area contributed by atoms with Crippen LogP contribution < -0.4 is 11.1 Å². The number of ether oxygens (including phenoxy) is 2. The summed E-state index contributed by atoms with van der Waals surface area (Å²) in [6, 6.07) is 0.311. The molecule has 4 N–H and O–H groups in total. The molecule has 1 aliphatic rings. The number of nitrogens with zero attached hydrogens (tertiary/aromatic N) is 3. The maximum atomic E-state index is 12.5. The van der Waals surface area contributed by atoms with Crippen molar-refractivity contribution in [3.63, 3.8) is 0 Å². The van der Waals surface area contributed by atoms with Gasteiger partial charge >= 0.3 is 18.1 Å². The minimum absolute atomic E-state index is 0.0592. The maximum absolute atomic E-state index is 12.5. The molecule has 0 bridgehead atoms. The van der Waals surface area contributed by atoms with Crippen molar-refractivity contribution in [2.24, 2.45) is 0 Å².